The number of hydrogen-bond acceptors (Lipinski definition) is 5. The quantitative estimate of drug-likeness (QED) is 0.880. The minimum absolute atomic E-state index is 0.0322. The van der Waals surface area contributed by atoms with Crippen molar-refractivity contribution in [1.29, 1.82) is 0 Å². The summed E-state index contributed by atoms with van der Waals surface area (Å²) in [6, 6.07) is 0.140. The summed E-state index contributed by atoms with van der Waals surface area (Å²) in [5.74, 6) is 1.00. The van der Waals surface area contributed by atoms with E-state index in [0.29, 0.717) is 13.0 Å². The van der Waals surface area contributed by atoms with Crippen LogP contribution < -0.4 is 10.6 Å². The van der Waals surface area contributed by atoms with Gasteiger partial charge in [-0.3, -0.25) is 4.79 Å². The van der Waals surface area contributed by atoms with E-state index in [1.165, 1.54) is 0 Å². The summed E-state index contributed by atoms with van der Waals surface area (Å²) < 4.78 is 0. The molecule has 2 aliphatic heterocycles. The van der Waals surface area contributed by atoms with Gasteiger partial charge in [-0.15, -0.1) is 0 Å². The maximum atomic E-state index is 11.9. The first-order chi connectivity index (χ1) is 10.2. The van der Waals surface area contributed by atoms with Gasteiger partial charge < -0.3 is 15.5 Å². The molecule has 114 valence electrons. The van der Waals surface area contributed by atoms with Crippen LogP contribution in [-0.2, 0) is 11.2 Å². The monoisotopic (exact) mass is 289 g/mol. The Morgan fingerprint density at radius 2 is 2.10 bits per heavy atom. The van der Waals surface area contributed by atoms with E-state index < -0.39 is 0 Å². The largest absolute Gasteiger partial charge is 0.339 e. The van der Waals surface area contributed by atoms with Crippen LogP contribution in [-0.4, -0.2) is 52.5 Å². The van der Waals surface area contributed by atoms with E-state index in [1.54, 1.807) is 0 Å². The Balaban J connectivity index is 1.65. The van der Waals surface area contributed by atoms with Gasteiger partial charge in [-0.1, -0.05) is 6.92 Å². The minimum Gasteiger partial charge on any atom is -0.339 e. The van der Waals surface area contributed by atoms with Gasteiger partial charge in [0.05, 0.1) is 6.04 Å². The van der Waals surface area contributed by atoms with Crippen LogP contribution in [0.15, 0.2) is 12.4 Å². The van der Waals surface area contributed by atoms with Crippen molar-refractivity contribution in [3.05, 3.63) is 18.0 Å². The number of anilines is 1. The fraction of sp³-hybridized carbons (Fsp3) is 0.667. The first-order valence-corrected chi connectivity index (χ1v) is 7.80. The normalized spacial score (nSPS) is 26.5. The van der Waals surface area contributed by atoms with E-state index >= 15 is 0 Å². The molecule has 6 nitrogen and oxygen atoms in total. The van der Waals surface area contributed by atoms with Gasteiger partial charge in [0.25, 0.3) is 0 Å². The highest BCUT2D eigenvalue weighted by Crippen LogP contribution is 2.23. The van der Waals surface area contributed by atoms with Crippen LogP contribution in [0, 0.1) is 0 Å². The van der Waals surface area contributed by atoms with E-state index in [4.69, 9.17) is 5.73 Å². The summed E-state index contributed by atoms with van der Waals surface area (Å²) >= 11 is 0. The van der Waals surface area contributed by atoms with Crippen LogP contribution in [0.2, 0.25) is 0 Å². The third-order valence-corrected chi connectivity index (χ3v) is 4.51. The van der Waals surface area contributed by atoms with Crippen LogP contribution in [0.25, 0.3) is 0 Å². The van der Waals surface area contributed by atoms with Crippen LogP contribution in [0.5, 0.6) is 0 Å². The molecule has 2 N–H and O–H groups in total. The molecule has 1 unspecified atom stereocenters. The van der Waals surface area contributed by atoms with Crippen LogP contribution >= 0.6 is 0 Å². The molecule has 2 saturated heterocycles. The molecule has 3 rings (SSSR count). The van der Waals surface area contributed by atoms with Crippen molar-refractivity contribution >= 4 is 11.9 Å². The van der Waals surface area contributed by atoms with Gasteiger partial charge in [0, 0.05) is 44.5 Å². The maximum absolute atomic E-state index is 11.9. The van der Waals surface area contributed by atoms with Crippen molar-refractivity contribution in [2.24, 2.45) is 5.73 Å². The van der Waals surface area contributed by atoms with Gasteiger partial charge in [0.1, 0.15) is 0 Å². The Kier molecular flexibility index (Phi) is 4.05. The zero-order valence-electron chi connectivity index (χ0n) is 12.5. The molecule has 1 aromatic heterocycles. The lowest BCUT2D eigenvalue weighted by molar-refractivity contribution is -0.130. The summed E-state index contributed by atoms with van der Waals surface area (Å²) in [5.41, 5.74) is 7.45. The highest BCUT2D eigenvalue weighted by molar-refractivity contribution is 5.78. The fourth-order valence-electron chi connectivity index (χ4n) is 3.25. The van der Waals surface area contributed by atoms with Gasteiger partial charge in [-0.05, 0) is 24.8 Å². The lowest BCUT2D eigenvalue weighted by Crippen LogP contribution is -2.58. The number of rotatable bonds is 3. The van der Waals surface area contributed by atoms with Crippen molar-refractivity contribution in [1.82, 2.24) is 14.9 Å². The Morgan fingerprint density at radius 1 is 1.33 bits per heavy atom. The van der Waals surface area contributed by atoms with Crippen LogP contribution in [0.1, 0.15) is 31.7 Å². The topological polar surface area (TPSA) is 75.4 Å². The zero-order valence-corrected chi connectivity index (χ0v) is 12.5. The van der Waals surface area contributed by atoms with E-state index in [1.807, 2.05) is 17.3 Å². The molecule has 0 radical (unpaired) electrons. The number of likely N-dealkylation sites (tertiary alicyclic amines) is 1. The molecule has 2 atom stereocenters. The summed E-state index contributed by atoms with van der Waals surface area (Å²) in [6.45, 7) is 4.51. The predicted molar refractivity (Wildman–Crippen MR) is 81.0 cm³/mol. The number of nitrogens with two attached hydrogens (primary N) is 1. The molecule has 2 fully saturated rings. The Hall–Kier alpha value is -1.69. The number of hydrogen-bond donors (Lipinski definition) is 1. The summed E-state index contributed by atoms with van der Waals surface area (Å²) in [6.07, 6.45) is 7.24. The third kappa shape index (κ3) is 2.85. The van der Waals surface area contributed by atoms with Crippen molar-refractivity contribution in [3.8, 4) is 0 Å². The molecule has 1 aromatic rings. The summed E-state index contributed by atoms with van der Waals surface area (Å²) in [5, 5.41) is 0. The number of carbonyl (C=O) groups excluding carboxylic acids is 1. The van der Waals surface area contributed by atoms with E-state index in [-0.39, 0.29) is 18.0 Å². The zero-order chi connectivity index (χ0) is 14.8. The number of piperidine rings is 1. The number of aryl methyl sites for hydroxylation is 1. The molecule has 21 heavy (non-hydrogen) atoms. The molecule has 0 aromatic carbocycles. The predicted octanol–water partition coefficient (Wildman–Crippen LogP) is 0.567. The second-order valence-corrected chi connectivity index (χ2v) is 5.90. The molecule has 0 saturated carbocycles. The highest BCUT2D eigenvalue weighted by atomic mass is 16.2. The lowest BCUT2D eigenvalue weighted by atomic mass is 9.99. The van der Waals surface area contributed by atoms with E-state index in [2.05, 4.69) is 21.8 Å². The first kappa shape index (κ1) is 14.3. The van der Waals surface area contributed by atoms with E-state index in [0.717, 1.165) is 43.9 Å². The second kappa shape index (κ2) is 5.97. The van der Waals surface area contributed by atoms with Gasteiger partial charge in [-0.2, -0.15) is 0 Å². The van der Waals surface area contributed by atoms with Crippen molar-refractivity contribution in [2.45, 2.75) is 44.7 Å². The van der Waals surface area contributed by atoms with Gasteiger partial charge >= 0.3 is 0 Å². The summed E-state index contributed by atoms with van der Waals surface area (Å²) in [4.78, 5) is 24.8. The first-order valence-electron chi connectivity index (χ1n) is 7.80. The highest BCUT2D eigenvalue weighted by Gasteiger charge is 2.36. The second-order valence-electron chi connectivity index (χ2n) is 5.90. The fourth-order valence-corrected chi connectivity index (χ4v) is 3.25. The SMILES string of the molecule is CCc1cnc(N2CCC(N3CCCC3=O)[C@H](N)C2)nc1. The third-order valence-electron chi connectivity index (χ3n) is 4.51. The molecule has 2 aliphatic rings. The average Bonchev–Trinajstić information content (AvgIpc) is 2.93. The van der Waals surface area contributed by atoms with Crippen molar-refractivity contribution in [3.63, 3.8) is 0 Å². The lowest BCUT2D eigenvalue weighted by Gasteiger charge is -2.41. The van der Waals surface area contributed by atoms with Crippen molar-refractivity contribution < 1.29 is 4.79 Å². The Labute approximate surface area is 125 Å². The number of aromatic nitrogens is 2. The maximum Gasteiger partial charge on any atom is 0.225 e. The Morgan fingerprint density at radius 3 is 2.67 bits per heavy atom. The Bertz CT molecular complexity index is 503. The van der Waals surface area contributed by atoms with Gasteiger partial charge in [0.15, 0.2) is 0 Å². The van der Waals surface area contributed by atoms with Crippen molar-refractivity contribution in [2.75, 3.05) is 24.5 Å². The molecule has 6 heteroatoms. The van der Waals surface area contributed by atoms with Gasteiger partial charge in [0.2, 0.25) is 11.9 Å². The number of nitrogens with zero attached hydrogens (tertiary/aromatic N) is 4. The molecule has 1 amide bonds. The standard InChI is InChI=1S/C15H23N5O/c1-2-11-8-17-15(18-9-11)19-7-5-13(12(16)10-19)20-6-3-4-14(20)21/h8-9,12-13H,2-7,10,16H2,1H3/t12-,13?/m1/s1. The number of carbonyl (C=O) groups is 1. The van der Waals surface area contributed by atoms with E-state index in [9.17, 15) is 4.79 Å². The molecule has 0 bridgehead atoms. The smallest absolute Gasteiger partial charge is 0.225 e. The van der Waals surface area contributed by atoms with Gasteiger partial charge in [-0.25, -0.2) is 9.97 Å². The summed E-state index contributed by atoms with van der Waals surface area (Å²) in [7, 11) is 0. The van der Waals surface area contributed by atoms with Crippen LogP contribution in [0.4, 0.5) is 5.95 Å². The molecular weight excluding hydrogens is 266 g/mol. The molecule has 3 heterocycles. The average molecular weight is 289 g/mol. The number of amides is 1. The van der Waals surface area contributed by atoms with Crippen LogP contribution in [0.3, 0.4) is 0 Å². The minimum atomic E-state index is -0.0322. The molecule has 0 aliphatic carbocycles. The molecular formula is C15H23N5O. The molecule has 0 spiro atoms.